The van der Waals surface area contributed by atoms with Crippen molar-refractivity contribution in [2.45, 2.75) is 19.6 Å². The van der Waals surface area contributed by atoms with E-state index < -0.39 is 40.3 Å². The maximum atomic E-state index is 13.7. The second-order valence-corrected chi connectivity index (χ2v) is 5.97. The molecule has 146 valence electrons. The Bertz CT molecular complexity index is 1140. The Morgan fingerprint density at radius 2 is 1.82 bits per heavy atom. The zero-order chi connectivity index (χ0) is 20.6. The molecule has 0 aliphatic carbocycles. The molecule has 0 aliphatic rings. The van der Waals surface area contributed by atoms with E-state index in [1.165, 1.54) is 10.8 Å². The monoisotopic (exact) mass is 396 g/mol. The van der Waals surface area contributed by atoms with Crippen LogP contribution in [-0.2, 0) is 12.7 Å². The zero-order valence-corrected chi connectivity index (χ0v) is 14.4. The number of pyridine rings is 1. The van der Waals surface area contributed by atoms with Crippen LogP contribution in [0.15, 0.2) is 47.4 Å². The molecule has 0 fully saturated rings. The number of nitrogens with one attached hydrogen (secondary N) is 1. The third-order valence-electron chi connectivity index (χ3n) is 4.17. The molecule has 1 aromatic heterocycles. The average Bonchev–Trinajstić information content (AvgIpc) is 2.63. The Morgan fingerprint density at radius 3 is 2.43 bits per heavy atom. The predicted octanol–water partition coefficient (Wildman–Crippen LogP) is 4.57. The number of hydrogen-bond acceptors (Lipinski definition) is 2. The number of aryl methyl sites for hydroxylation is 1. The van der Waals surface area contributed by atoms with Gasteiger partial charge in [-0.25, -0.2) is 8.78 Å². The van der Waals surface area contributed by atoms with Gasteiger partial charge in [0.05, 0.1) is 16.8 Å². The Kier molecular flexibility index (Phi) is 4.93. The lowest BCUT2D eigenvalue weighted by molar-refractivity contribution is -0.137. The predicted molar refractivity (Wildman–Crippen MR) is 93.2 cm³/mol. The lowest BCUT2D eigenvalue weighted by atomic mass is 10.1. The summed E-state index contributed by atoms with van der Waals surface area (Å²) in [4.78, 5) is 25.1. The van der Waals surface area contributed by atoms with Gasteiger partial charge in [-0.05, 0) is 37.3 Å². The van der Waals surface area contributed by atoms with Gasteiger partial charge < -0.3 is 9.88 Å². The molecule has 2 aromatic carbocycles. The highest BCUT2D eigenvalue weighted by molar-refractivity contribution is 6.05. The molecule has 0 saturated carbocycles. The van der Waals surface area contributed by atoms with E-state index in [4.69, 9.17) is 0 Å². The van der Waals surface area contributed by atoms with Gasteiger partial charge in [0.1, 0.15) is 17.2 Å². The second kappa shape index (κ2) is 7.06. The molecule has 0 saturated heterocycles. The quantitative estimate of drug-likeness (QED) is 0.660. The molecule has 4 nitrogen and oxygen atoms in total. The molecule has 3 rings (SSSR count). The van der Waals surface area contributed by atoms with Crippen molar-refractivity contribution < 1.29 is 26.7 Å². The largest absolute Gasteiger partial charge is 0.416 e. The van der Waals surface area contributed by atoms with Crippen molar-refractivity contribution in [3.63, 3.8) is 0 Å². The van der Waals surface area contributed by atoms with Gasteiger partial charge in [-0.1, -0.05) is 0 Å². The van der Waals surface area contributed by atoms with Gasteiger partial charge >= 0.3 is 6.18 Å². The van der Waals surface area contributed by atoms with Gasteiger partial charge in [-0.2, -0.15) is 13.2 Å². The van der Waals surface area contributed by atoms with E-state index in [9.17, 15) is 31.5 Å². The van der Waals surface area contributed by atoms with Gasteiger partial charge in [0.2, 0.25) is 5.43 Å². The summed E-state index contributed by atoms with van der Waals surface area (Å²) in [5.74, 6) is -2.92. The minimum Gasteiger partial charge on any atom is -0.347 e. The highest BCUT2D eigenvalue weighted by atomic mass is 19.4. The highest BCUT2D eigenvalue weighted by Crippen LogP contribution is 2.31. The number of benzene rings is 2. The number of anilines is 1. The molecule has 1 amide bonds. The number of hydrogen-bond donors (Lipinski definition) is 1. The number of amides is 1. The van der Waals surface area contributed by atoms with E-state index in [0.717, 1.165) is 24.3 Å². The minimum absolute atomic E-state index is 0.227. The van der Waals surface area contributed by atoms with Crippen LogP contribution in [0, 0.1) is 11.6 Å². The van der Waals surface area contributed by atoms with E-state index in [0.29, 0.717) is 12.1 Å². The van der Waals surface area contributed by atoms with E-state index in [-0.39, 0.29) is 23.1 Å². The van der Waals surface area contributed by atoms with E-state index in [1.807, 2.05) is 0 Å². The summed E-state index contributed by atoms with van der Waals surface area (Å²) in [5.41, 5.74) is -2.55. The SMILES string of the molecule is CCn1cc(C(=O)Nc2ccc(F)cc2F)c(=O)c2cc(C(F)(F)F)ccc21. The fraction of sp³-hybridized carbons (Fsp3) is 0.158. The summed E-state index contributed by atoms with van der Waals surface area (Å²) in [6.45, 7) is 1.95. The van der Waals surface area contributed by atoms with Crippen LogP contribution in [0.5, 0.6) is 0 Å². The van der Waals surface area contributed by atoms with Gasteiger partial charge in [-0.15, -0.1) is 0 Å². The molecular weight excluding hydrogens is 383 g/mol. The summed E-state index contributed by atoms with van der Waals surface area (Å²) < 4.78 is 67.1. The van der Waals surface area contributed by atoms with Crippen LogP contribution in [0.3, 0.4) is 0 Å². The molecule has 9 heteroatoms. The van der Waals surface area contributed by atoms with Crippen molar-refractivity contribution in [1.82, 2.24) is 4.57 Å². The summed E-state index contributed by atoms with van der Waals surface area (Å²) in [5, 5.41) is 1.85. The first-order chi connectivity index (χ1) is 13.1. The van der Waals surface area contributed by atoms with Crippen LogP contribution in [0.2, 0.25) is 0 Å². The third kappa shape index (κ3) is 3.60. The number of carbonyl (C=O) groups is 1. The Hall–Kier alpha value is -3.23. The van der Waals surface area contributed by atoms with E-state index in [2.05, 4.69) is 5.32 Å². The smallest absolute Gasteiger partial charge is 0.347 e. The molecule has 0 radical (unpaired) electrons. The van der Waals surface area contributed by atoms with Crippen LogP contribution in [0.25, 0.3) is 10.9 Å². The molecule has 1 heterocycles. The number of carbonyl (C=O) groups excluding carboxylic acids is 1. The number of rotatable bonds is 3. The highest BCUT2D eigenvalue weighted by Gasteiger charge is 2.31. The molecule has 1 N–H and O–H groups in total. The second-order valence-electron chi connectivity index (χ2n) is 5.97. The first-order valence-electron chi connectivity index (χ1n) is 8.12. The maximum Gasteiger partial charge on any atom is 0.416 e. The molecular formula is C19H13F5N2O2. The molecule has 0 spiro atoms. The van der Waals surface area contributed by atoms with Crippen molar-refractivity contribution in [3.8, 4) is 0 Å². The van der Waals surface area contributed by atoms with Gasteiger partial charge in [0.25, 0.3) is 5.91 Å². The Labute approximate surface area is 155 Å². The molecule has 0 unspecified atom stereocenters. The van der Waals surface area contributed by atoms with Crippen LogP contribution in [-0.4, -0.2) is 10.5 Å². The van der Waals surface area contributed by atoms with Gasteiger partial charge in [0, 0.05) is 24.2 Å². The van der Waals surface area contributed by atoms with Crippen LogP contribution >= 0.6 is 0 Å². The zero-order valence-electron chi connectivity index (χ0n) is 14.4. The summed E-state index contributed by atoms with van der Waals surface area (Å²) in [6, 6.07) is 5.13. The number of aromatic nitrogens is 1. The fourth-order valence-corrected chi connectivity index (χ4v) is 2.78. The summed E-state index contributed by atoms with van der Waals surface area (Å²) in [6.07, 6.45) is -3.47. The first-order valence-corrected chi connectivity index (χ1v) is 8.12. The van der Waals surface area contributed by atoms with Crippen molar-refractivity contribution in [2.24, 2.45) is 0 Å². The van der Waals surface area contributed by atoms with Gasteiger partial charge in [-0.3, -0.25) is 9.59 Å². The molecule has 0 atom stereocenters. The number of nitrogens with zero attached hydrogens (tertiary/aromatic N) is 1. The number of alkyl halides is 3. The Balaban J connectivity index is 2.13. The lowest BCUT2D eigenvalue weighted by Gasteiger charge is -2.14. The van der Waals surface area contributed by atoms with Crippen molar-refractivity contribution in [1.29, 1.82) is 0 Å². The molecule has 0 aliphatic heterocycles. The minimum atomic E-state index is -4.66. The van der Waals surface area contributed by atoms with Gasteiger partial charge in [0.15, 0.2) is 0 Å². The molecule has 0 bridgehead atoms. The Morgan fingerprint density at radius 1 is 1.11 bits per heavy atom. The summed E-state index contributed by atoms with van der Waals surface area (Å²) in [7, 11) is 0. The van der Waals surface area contributed by atoms with Crippen LogP contribution < -0.4 is 10.7 Å². The summed E-state index contributed by atoms with van der Waals surface area (Å²) >= 11 is 0. The van der Waals surface area contributed by atoms with E-state index >= 15 is 0 Å². The van der Waals surface area contributed by atoms with Crippen molar-refractivity contribution in [2.75, 3.05) is 5.32 Å². The van der Waals surface area contributed by atoms with Crippen molar-refractivity contribution >= 4 is 22.5 Å². The standard InChI is InChI=1S/C19H13F5N2O2/c1-2-26-9-13(18(28)25-15-5-4-11(20)8-14(15)21)17(27)12-7-10(19(22,23)24)3-6-16(12)26/h3-9H,2H2,1H3,(H,25,28). The topological polar surface area (TPSA) is 51.1 Å². The van der Waals surface area contributed by atoms with Crippen LogP contribution in [0.1, 0.15) is 22.8 Å². The maximum absolute atomic E-state index is 13.7. The van der Waals surface area contributed by atoms with Crippen LogP contribution in [0.4, 0.5) is 27.6 Å². The van der Waals surface area contributed by atoms with E-state index in [1.54, 1.807) is 6.92 Å². The average molecular weight is 396 g/mol. The van der Waals surface area contributed by atoms with Crippen molar-refractivity contribution in [3.05, 3.63) is 75.6 Å². The third-order valence-corrected chi connectivity index (χ3v) is 4.17. The molecule has 28 heavy (non-hydrogen) atoms. The lowest BCUT2D eigenvalue weighted by Crippen LogP contribution is -2.24. The first kappa shape index (κ1) is 19.5. The number of fused-ring (bicyclic) bond motifs is 1. The number of halogens is 5. The normalized spacial score (nSPS) is 11.6. The molecule has 3 aromatic rings. The fourth-order valence-electron chi connectivity index (χ4n) is 2.78.